The SMILES string of the molecule is CSCC(=O)NCC(O)c1cc(Cl)cc(Cl)c1. The summed E-state index contributed by atoms with van der Waals surface area (Å²) in [6, 6.07) is 4.84. The summed E-state index contributed by atoms with van der Waals surface area (Å²) in [5.41, 5.74) is 0.590. The second kappa shape index (κ2) is 7.11. The van der Waals surface area contributed by atoms with Gasteiger partial charge in [0.15, 0.2) is 0 Å². The zero-order chi connectivity index (χ0) is 12.8. The van der Waals surface area contributed by atoms with E-state index in [1.165, 1.54) is 11.8 Å². The molecule has 94 valence electrons. The Morgan fingerprint density at radius 3 is 2.53 bits per heavy atom. The number of hydrogen-bond acceptors (Lipinski definition) is 3. The Bertz CT molecular complexity index is 381. The van der Waals surface area contributed by atoms with Crippen LogP contribution in [0.4, 0.5) is 0 Å². The van der Waals surface area contributed by atoms with Gasteiger partial charge in [0.2, 0.25) is 5.91 Å². The summed E-state index contributed by atoms with van der Waals surface area (Å²) in [5, 5.41) is 13.4. The van der Waals surface area contributed by atoms with Gasteiger partial charge in [-0.05, 0) is 30.0 Å². The molecule has 3 nitrogen and oxygen atoms in total. The van der Waals surface area contributed by atoms with Gasteiger partial charge < -0.3 is 10.4 Å². The molecule has 1 aromatic carbocycles. The maximum Gasteiger partial charge on any atom is 0.230 e. The summed E-state index contributed by atoms with van der Waals surface area (Å²) in [7, 11) is 0. The number of carbonyl (C=O) groups excluding carboxylic acids is 1. The number of amides is 1. The smallest absolute Gasteiger partial charge is 0.230 e. The molecule has 0 fully saturated rings. The van der Waals surface area contributed by atoms with Gasteiger partial charge in [-0.25, -0.2) is 0 Å². The third-order valence-corrected chi connectivity index (χ3v) is 3.02. The van der Waals surface area contributed by atoms with E-state index in [1.54, 1.807) is 18.2 Å². The van der Waals surface area contributed by atoms with Crippen LogP contribution in [0.15, 0.2) is 18.2 Å². The third kappa shape index (κ3) is 5.17. The Labute approximate surface area is 114 Å². The van der Waals surface area contributed by atoms with Crippen molar-refractivity contribution in [3.05, 3.63) is 33.8 Å². The van der Waals surface area contributed by atoms with Gasteiger partial charge in [0.1, 0.15) is 0 Å². The fourth-order valence-corrected chi connectivity index (χ4v) is 2.19. The lowest BCUT2D eigenvalue weighted by Gasteiger charge is -2.12. The van der Waals surface area contributed by atoms with Crippen LogP contribution in [0.1, 0.15) is 11.7 Å². The Hall–Kier alpha value is -0.420. The van der Waals surface area contributed by atoms with Gasteiger partial charge in [0, 0.05) is 16.6 Å². The minimum atomic E-state index is -0.808. The largest absolute Gasteiger partial charge is 0.387 e. The number of nitrogens with one attached hydrogen (secondary N) is 1. The van der Waals surface area contributed by atoms with Crippen molar-refractivity contribution < 1.29 is 9.90 Å². The van der Waals surface area contributed by atoms with Gasteiger partial charge in [0.25, 0.3) is 0 Å². The molecule has 0 aromatic heterocycles. The molecule has 0 heterocycles. The highest BCUT2D eigenvalue weighted by atomic mass is 35.5. The molecule has 0 saturated carbocycles. The van der Waals surface area contributed by atoms with Gasteiger partial charge >= 0.3 is 0 Å². The first-order chi connectivity index (χ1) is 8.02. The van der Waals surface area contributed by atoms with Crippen LogP contribution in [0.25, 0.3) is 0 Å². The maximum absolute atomic E-state index is 11.2. The van der Waals surface area contributed by atoms with Crippen molar-refractivity contribution >= 4 is 40.9 Å². The Morgan fingerprint density at radius 1 is 1.41 bits per heavy atom. The number of benzene rings is 1. The van der Waals surface area contributed by atoms with Crippen LogP contribution in [-0.2, 0) is 4.79 Å². The number of thioether (sulfide) groups is 1. The molecule has 1 rings (SSSR count). The Kier molecular flexibility index (Phi) is 6.12. The fraction of sp³-hybridized carbons (Fsp3) is 0.364. The summed E-state index contributed by atoms with van der Waals surface area (Å²) < 4.78 is 0. The average molecular weight is 294 g/mol. The first-order valence-electron chi connectivity index (χ1n) is 4.92. The fourth-order valence-electron chi connectivity index (χ4n) is 1.28. The lowest BCUT2D eigenvalue weighted by molar-refractivity contribution is -0.119. The van der Waals surface area contributed by atoms with Crippen molar-refractivity contribution in [2.45, 2.75) is 6.10 Å². The molecule has 2 N–H and O–H groups in total. The Morgan fingerprint density at radius 2 is 2.00 bits per heavy atom. The molecule has 17 heavy (non-hydrogen) atoms. The van der Waals surface area contributed by atoms with Gasteiger partial charge in [-0.1, -0.05) is 23.2 Å². The normalized spacial score (nSPS) is 12.2. The number of hydrogen-bond donors (Lipinski definition) is 2. The molecular weight excluding hydrogens is 281 g/mol. The van der Waals surface area contributed by atoms with E-state index in [1.807, 2.05) is 6.26 Å². The number of carbonyl (C=O) groups is 1. The molecule has 0 spiro atoms. The summed E-state index contributed by atoms with van der Waals surface area (Å²) >= 11 is 13.1. The van der Waals surface area contributed by atoms with Crippen LogP contribution in [-0.4, -0.2) is 29.6 Å². The topological polar surface area (TPSA) is 49.3 Å². The van der Waals surface area contributed by atoms with Crippen LogP contribution in [0.3, 0.4) is 0 Å². The van der Waals surface area contributed by atoms with Crippen molar-refractivity contribution in [1.29, 1.82) is 0 Å². The highest BCUT2D eigenvalue weighted by molar-refractivity contribution is 7.99. The van der Waals surface area contributed by atoms with Crippen LogP contribution < -0.4 is 5.32 Å². The van der Waals surface area contributed by atoms with Gasteiger partial charge in [-0.2, -0.15) is 11.8 Å². The highest BCUT2D eigenvalue weighted by Crippen LogP contribution is 2.23. The summed E-state index contributed by atoms with van der Waals surface area (Å²) in [6.45, 7) is 0.149. The molecule has 1 atom stereocenters. The highest BCUT2D eigenvalue weighted by Gasteiger charge is 2.10. The third-order valence-electron chi connectivity index (χ3n) is 2.04. The zero-order valence-electron chi connectivity index (χ0n) is 9.24. The number of rotatable bonds is 5. The van der Waals surface area contributed by atoms with Crippen LogP contribution in [0.5, 0.6) is 0 Å². The first-order valence-corrected chi connectivity index (χ1v) is 7.07. The second-order valence-corrected chi connectivity index (χ2v) is 5.19. The molecule has 0 bridgehead atoms. The zero-order valence-corrected chi connectivity index (χ0v) is 11.6. The van der Waals surface area contributed by atoms with Gasteiger partial charge in [-0.15, -0.1) is 0 Å². The van der Waals surface area contributed by atoms with Gasteiger partial charge in [0.05, 0.1) is 11.9 Å². The van der Waals surface area contributed by atoms with Crippen LogP contribution in [0, 0.1) is 0 Å². The number of aliphatic hydroxyl groups excluding tert-OH is 1. The van der Waals surface area contributed by atoms with E-state index >= 15 is 0 Å². The van der Waals surface area contributed by atoms with E-state index < -0.39 is 6.10 Å². The van der Waals surface area contributed by atoms with Crippen molar-refractivity contribution in [1.82, 2.24) is 5.32 Å². The summed E-state index contributed by atoms with van der Waals surface area (Å²) in [5.74, 6) is 0.271. The minimum absolute atomic E-state index is 0.107. The monoisotopic (exact) mass is 293 g/mol. The molecular formula is C11H13Cl2NO2S. The lowest BCUT2D eigenvalue weighted by Crippen LogP contribution is -2.29. The van der Waals surface area contributed by atoms with Crippen molar-refractivity contribution in [2.75, 3.05) is 18.6 Å². The molecule has 1 aromatic rings. The van der Waals surface area contributed by atoms with Crippen molar-refractivity contribution in [3.63, 3.8) is 0 Å². The minimum Gasteiger partial charge on any atom is -0.387 e. The van der Waals surface area contributed by atoms with E-state index in [0.717, 1.165) is 0 Å². The van der Waals surface area contributed by atoms with E-state index in [2.05, 4.69) is 5.32 Å². The van der Waals surface area contributed by atoms with E-state index in [9.17, 15) is 9.90 Å². The van der Waals surface area contributed by atoms with E-state index in [0.29, 0.717) is 21.4 Å². The van der Waals surface area contributed by atoms with Crippen LogP contribution in [0.2, 0.25) is 10.0 Å². The van der Waals surface area contributed by atoms with E-state index in [4.69, 9.17) is 23.2 Å². The molecule has 1 unspecified atom stereocenters. The lowest BCUT2D eigenvalue weighted by atomic mass is 10.1. The van der Waals surface area contributed by atoms with Crippen molar-refractivity contribution in [3.8, 4) is 0 Å². The second-order valence-electron chi connectivity index (χ2n) is 3.46. The molecule has 0 aliphatic heterocycles. The molecule has 1 amide bonds. The molecule has 0 saturated heterocycles. The maximum atomic E-state index is 11.2. The van der Waals surface area contributed by atoms with Crippen LogP contribution >= 0.6 is 35.0 Å². The summed E-state index contributed by atoms with van der Waals surface area (Å²) in [4.78, 5) is 11.2. The standard InChI is InChI=1S/C11H13Cl2NO2S/c1-17-6-11(16)14-5-10(15)7-2-8(12)4-9(13)3-7/h2-4,10,15H,5-6H2,1H3,(H,14,16). The molecule has 6 heteroatoms. The predicted molar refractivity (Wildman–Crippen MR) is 72.8 cm³/mol. The Balaban J connectivity index is 2.57. The quantitative estimate of drug-likeness (QED) is 0.877. The molecule has 0 radical (unpaired) electrons. The predicted octanol–water partition coefficient (Wildman–Crippen LogP) is 2.51. The van der Waals surface area contributed by atoms with Crippen molar-refractivity contribution in [2.24, 2.45) is 0 Å². The first kappa shape index (κ1) is 14.6. The van der Waals surface area contributed by atoms with Gasteiger partial charge in [-0.3, -0.25) is 4.79 Å². The average Bonchev–Trinajstić information content (AvgIpc) is 2.25. The molecule has 0 aliphatic rings. The van der Waals surface area contributed by atoms with E-state index in [-0.39, 0.29) is 12.5 Å². The number of aliphatic hydroxyl groups is 1. The number of halogens is 2. The summed E-state index contributed by atoms with van der Waals surface area (Å²) in [6.07, 6.45) is 1.03. The molecule has 0 aliphatic carbocycles.